The number of rotatable bonds is 5. The van der Waals surface area contributed by atoms with Crippen molar-refractivity contribution in [3.05, 3.63) is 21.5 Å². The van der Waals surface area contributed by atoms with Gasteiger partial charge < -0.3 is 15.2 Å². The Balaban J connectivity index is 2.17. The predicted octanol–water partition coefficient (Wildman–Crippen LogP) is 3.09. The number of anilines is 1. The molecule has 1 aromatic carbocycles. The Morgan fingerprint density at radius 3 is 2.80 bits per heavy atom. The molecule has 6 heteroatoms. The summed E-state index contributed by atoms with van der Waals surface area (Å²) in [5, 5.41) is 0. The second-order valence-electron chi connectivity index (χ2n) is 5.30. The average molecular weight is 390 g/mol. The van der Waals surface area contributed by atoms with E-state index in [1.807, 2.05) is 27.2 Å². The van der Waals surface area contributed by atoms with E-state index in [0.29, 0.717) is 15.6 Å². The monoisotopic (exact) mass is 390 g/mol. The summed E-state index contributed by atoms with van der Waals surface area (Å²) in [7, 11) is 2.10. The Labute approximate surface area is 132 Å². The van der Waals surface area contributed by atoms with E-state index in [4.69, 9.17) is 5.73 Å². The Morgan fingerprint density at radius 1 is 1.45 bits per heavy atom. The van der Waals surface area contributed by atoms with Gasteiger partial charge in [-0.15, -0.1) is 0 Å². The molecule has 110 valence electrons. The van der Waals surface area contributed by atoms with Gasteiger partial charge in [0.1, 0.15) is 5.82 Å². The third kappa shape index (κ3) is 3.22. The van der Waals surface area contributed by atoms with Crippen molar-refractivity contribution in [3.63, 3.8) is 0 Å². The second-order valence-corrected chi connectivity index (χ2v) is 6.47. The normalized spacial score (nSPS) is 11.9. The maximum atomic E-state index is 13.7. The first-order chi connectivity index (χ1) is 9.40. The maximum Gasteiger partial charge on any atom is 0.201 e. The molecule has 20 heavy (non-hydrogen) atoms. The van der Waals surface area contributed by atoms with Crippen LogP contribution in [0.15, 0.2) is 12.1 Å². The highest BCUT2D eigenvalue weighted by Crippen LogP contribution is 2.23. The van der Waals surface area contributed by atoms with Gasteiger partial charge in [-0.3, -0.25) is 0 Å². The zero-order valence-corrected chi connectivity index (χ0v) is 14.2. The molecular weight excluding hydrogens is 370 g/mol. The van der Waals surface area contributed by atoms with Gasteiger partial charge in [0.05, 0.1) is 14.6 Å². The molecular formula is C14H20FIN4. The van der Waals surface area contributed by atoms with Gasteiger partial charge in [-0.05, 0) is 62.5 Å². The molecule has 0 aliphatic rings. The van der Waals surface area contributed by atoms with Crippen molar-refractivity contribution in [2.45, 2.75) is 32.9 Å². The molecule has 0 saturated heterocycles. The molecule has 0 aliphatic heterocycles. The van der Waals surface area contributed by atoms with Crippen LogP contribution in [-0.2, 0) is 6.54 Å². The number of nitrogens with two attached hydrogens (primary N) is 1. The highest BCUT2D eigenvalue weighted by atomic mass is 127. The van der Waals surface area contributed by atoms with E-state index >= 15 is 0 Å². The fraction of sp³-hybridized carbons (Fsp3) is 0.500. The highest BCUT2D eigenvalue weighted by Gasteiger charge is 2.12. The van der Waals surface area contributed by atoms with Crippen LogP contribution in [-0.4, -0.2) is 34.1 Å². The predicted molar refractivity (Wildman–Crippen MR) is 89.2 cm³/mol. The van der Waals surface area contributed by atoms with Gasteiger partial charge in [-0.2, -0.15) is 0 Å². The summed E-state index contributed by atoms with van der Waals surface area (Å²) in [6.45, 7) is 6.06. The average Bonchev–Trinajstić information content (AvgIpc) is 2.66. The van der Waals surface area contributed by atoms with Gasteiger partial charge in [0.2, 0.25) is 5.95 Å². The van der Waals surface area contributed by atoms with Gasteiger partial charge in [0.25, 0.3) is 0 Å². The molecule has 0 fully saturated rings. The summed E-state index contributed by atoms with van der Waals surface area (Å²) < 4.78 is 16.2. The van der Waals surface area contributed by atoms with Crippen LogP contribution in [0.25, 0.3) is 11.0 Å². The minimum atomic E-state index is -0.224. The molecule has 2 aromatic rings. The van der Waals surface area contributed by atoms with E-state index in [1.165, 1.54) is 6.07 Å². The molecule has 1 aromatic heterocycles. The molecule has 4 nitrogen and oxygen atoms in total. The minimum Gasteiger partial charge on any atom is -0.369 e. The number of hydrogen-bond acceptors (Lipinski definition) is 3. The molecule has 2 N–H and O–H groups in total. The van der Waals surface area contributed by atoms with Gasteiger partial charge in [-0.25, -0.2) is 9.37 Å². The van der Waals surface area contributed by atoms with Gasteiger partial charge in [0.15, 0.2) is 0 Å². The summed E-state index contributed by atoms with van der Waals surface area (Å²) in [5.41, 5.74) is 7.47. The topological polar surface area (TPSA) is 47.1 Å². The van der Waals surface area contributed by atoms with Crippen LogP contribution in [0.4, 0.5) is 10.3 Å². The summed E-state index contributed by atoms with van der Waals surface area (Å²) in [6, 6.07) is 3.77. The van der Waals surface area contributed by atoms with Crippen LogP contribution in [0.3, 0.4) is 0 Å². The third-order valence-corrected chi connectivity index (χ3v) is 4.42. The molecule has 0 atom stereocenters. The molecule has 0 bridgehead atoms. The molecule has 0 saturated carbocycles. The van der Waals surface area contributed by atoms with Crippen LogP contribution in [0, 0.1) is 9.39 Å². The van der Waals surface area contributed by atoms with E-state index in [9.17, 15) is 4.39 Å². The third-order valence-electron chi connectivity index (χ3n) is 3.59. The SMILES string of the molecule is CC(C)N(C)CCCn1c(N)nc2cc(I)c(F)cc21. The Bertz CT molecular complexity index is 609. The van der Waals surface area contributed by atoms with Crippen molar-refractivity contribution in [2.75, 3.05) is 19.3 Å². The summed E-state index contributed by atoms with van der Waals surface area (Å²) in [5.74, 6) is 0.229. The van der Waals surface area contributed by atoms with Crippen LogP contribution in [0.1, 0.15) is 20.3 Å². The maximum absolute atomic E-state index is 13.7. The summed E-state index contributed by atoms with van der Waals surface area (Å²) in [4.78, 5) is 6.58. The fourth-order valence-electron chi connectivity index (χ4n) is 2.11. The number of hydrogen-bond donors (Lipinski definition) is 1. The zero-order chi connectivity index (χ0) is 14.9. The number of aromatic nitrogens is 2. The lowest BCUT2D eigenvalue weighted by Gasteiger charge is -2.21. The van der Waals surface area contributed by atoms with Crippen LogP contribution < -0.4 is 5.73 Å². The first-order valence-corrected chi connectivity index (χ1v) is 7.79. The van der Waals surface area contributed by atoms with Crippen molar-refractivity contribution < 1.29 is 4.39 Å². The first kappa shape index (κ1) is 15.5. The second kappa shape index (κ2) is 6.26. The standard InChI is InChI=1S/C14H20FIN4/c1-9(2)19(3)5-4-6-20-13-7-10(15)11(16)8-12(13)18-14(20)17/h7-9H,4-6H2,1-3H3,(H2,17,18). The van der Waals surface area contributed by atoms with Gasteiger partial charge in [0, 0.05) is 18.7 Å². The Hall–Kier alpha value is -0.890. The molecule has 0 radical (unpaired) electrons. The van der Waals surface area contributed by atoms with Gasteiger partial charge >= 0.3 is 0 Å². The minimum absolute atomic E-state index is 0.224. The Kier molecular flexibility index (Phi) is 4.85. The quantitative estimate of drug-likeness (QED) is 0.799. The first-order valence-electron chi connectivity index (χ1n) is 6.71. The van der Waals surface area contributed by atoms with Crippen molar-refractivity contribution in [3.8, 4) is 0 Å². The van der Waals surface area contributed by atoms with Crippen molar-refractivity contribution in [1.29, 1.82) is 0 Å². The molecule has 2 rings (SSSR count). The largest absolute Gasteiger partial charge is 0.369 e. The van der Waals surface area contributed by atoms with Gasteiger partial charge in [-0.1, -0.05) is 0 Å². The van der Waals surface area contributed by atoms with Crippen molar-refractivity contribution in [2.24, 2.45) is 0 Å². The van der Waals surface area contributed by atoms with Crippen LogP contribution in [0.2, 0.25) is 0 Å². The number of halogens is 2. The van der Waals surface area contributed by atoms with E-state index < -0.39 is 0 Å². The summed E-state index contributed by atoms with van der Waals surface area (Å²) in [6.07, 6.45) is 0.956. The van der Waals surface area contributed by atoms with Crippen molar-refractivity contribution in [1.82, 2.24) is 14.5 Å². The zero-order valence-electron chi connectivity index (χ0n) is 12.0. The van der Waals surface area contributed by atoms with E-state index in [1.54, 1.807) is 6.07 Å². The molecule has 0 spiro atoms. The molecule has 0 amide bonds. The lowest BCUT2D eigenvalue weighted by molar-refractivity contribution is 0.266. The van der Waals surface area contributed by atoms with Crippen LogP contribution in [0.5, 0.6) is 0 Å². The van der Waals surface area contributed by atoms with Crippen molar-refractivity contribution >= 4 is 39.6 Å². The molecule has 1 heterocycles. The number of aryl methyl sites for hydroxylation is 1. The Morgan fingerprint density at radius 2 is 2.15 bits per heavy atom. The lowest BCUT2D eigenvalue weighted by Crippen LogP contribution is -2.28. The number of nitrogens with zero attached hydrogens (tertiary/aromatic N) is 3. The van der Waals surface area contributed by atoms with E-state index in [-0.39, 0.29) is 5.82 Å². The highest BCUT2D eigenvalue weighted by molar-refractivity contribution is 14.1. The number of fused-ring (bicyclic) bond motifs is 1. The lowest BCUT2D eigenvalue weighted by atomic mass is 10.3. The van der Waals surface area contributed by atoms with E-state index in [2.05, 4.69) is 30.8 Å². The van der Waals surface area contributed by atoms with E-state index in [0.717, 1.165) is 30.5 Å². The number of imidazole rings is 1. The summed E-state index contributed by atoms with van der Waals surface area (Å²) >= 11 is 1.97. The fourth-order valence-corrected chi connectivity index (χ4v) is 2.56. The number of benzene rings is 1. The molecule has 0 unspecified atom stereocenters. The number of nitrogen functional groups attached to an aromatic ring is 1. The smallest absolute Gasteiger partial charge is 0.201 e. The van der Waals surface area contributed by atoms with Crippen LogP contribution >= 0.6 is 22.6 Å². The molecule has 0 aliphatic carbocycles.